The van der Waals surface area contributed by atoms with Gasteiger partial charge in [-0.3, -0.25) is 4.79 Å². The zero-order chi connectivity index (χ0) is 11.3. The first-order valence-electron chi connectivity index (χ1n) is 4.63. The Kier molecular flexibility index (Phi) is 4.23. The van der Waals surface area contributed by atoms with Crippen molar-refractivity contribution in [3.63, 3.8) is 0 Å². The Hall–Kier alpha value is -1.43. The zero-order valence-corrected chi connectivity index (χ0v) is 9.21. The van der Waals surface area contributed by atoms with Crippen LogP contribution in [0, 0.1) is 0 Å². The van der Waals surface area contributed by atoms with Gasteiger partial charge in [0.1, 0.15) is 6.26 Å². The smallest absolute Gasteiger partial charge is 0.273 e. The van der Waals surface area contributed by atoms with Crippen molar-refractivity contribution in [2.24, 2.45) is 5.73 Å². The van der Waals surface area contributed by atoms with Gasteiger partial charge in [-0.15, -0.1) is 0 Å². The van der Waals surface area contributed by atoms with Crippen molar-refractivity contribution < 1.29 is 9.32 Å². The van der Waals surface area contributed by atoms with Gasteiger partial charge in [-0.25, -0.2) is 0 Å². The Balaban J connectivity index is 2.52. The van der Waals surface area contributed by atoms with Crippen LogP contribution in [0.25, 0.3) is 0 Å². The number of aromatic nitrogens is 1. The van der Waals surface area contributed by atoms with Crippen LogP contribution in [0.3, 0.4) is 0 Å². The highest BCUT2D eigenvalue weighted by Crippen LogP contribution is 2.01. The maximum absolute atomic E-state index is 11.5. The van der Waals surface area contributed by atoms with Gasteiger partial charge in [-0.2, -0.15) is 0 Å². The number of nitrogens with zero attached hydrogens (tertiary/aromatic N) is 1. The minimum atomic E-state index is -0.271. The van der Waals surface area contributed by atoms with Crippen LogP contribution in [0.15, 0.2) is 16.9 Å². The van der Waals surface area contributed by atoms with Crippen LogP contribution < -0.4 is 11.1 Å². The zero-order valence-electron chi connectivity index (χ0n) is 8.40. The molecule has 0 fully saturated rings. The Morgan fingerprint density at radius 1 is 1.80 bits per heavy atom. The van der Waals surface area contributed by atoms with Gasteiger partial charge in [0.05, 0.1) is 4.99 Å². The summed E-state index contributed by atoms with van der Waals surface area (Å²) in [5.41, 5.74) is 5.67. The SMILES string of the molecule is CCC(CC(N)=S)NC(=O)c1ccon1. The van der Waals surface area contributed by atoms with E-state index in [9.17, 15) is 4.79 Å². The van der Waals surface area contributed by atoms with Crippen LogP contribution in [0.4, 0.5) is 0 Å². The predicted molar refractivity (Wildman–Crippen MR) is 59.5 cm³/mol. The van der Waals surface area contributed by atoms with Crippen LogP contribution in [0.5, 0.6) is 0 Å². The summed E-state index contributed by atoms with van der Waals surface area (Å²) in [4.78, 5) is 11.9. The van der Waals surface area contributed by atoms with Crippen molar-refractivity contribution in [1.29, 1.82) is 0 Å². The standard InChI is InChI=1S/C9H13N3O2S/c1-2-6(5-8(10)15)11-9(13)7-3-4-14-12-7/h3-4,6H,2,5H2,1H3,(H2,10,15)(H,11,13). The third-order valence-electron chi connectivity index (χ3n) is 1.95. The molecule has 0 aliphatic heterocycles. The van der Waals surface area contributed by atoms with E-state index >= 15 is 0 Å². The van der Waals surface area contributed by atoms with Gasteiger partial charge in [-0.1, -0.05) is 24.3 Å². The number of carbonyl (C=O) groups excluding carboxylic acids is 1. The van der Waals surface area contributed by atoms with Gasteiger partial charge in [0.25, 0.3) is 5.91 Å². The third-order valence-corrected chi connectivity index (χ3v) is 2.11. The predicted octanol–water partition coefficient (Wildman–Crippen LogP) is 0.859. The van der Waals surface area contributed by atoms with Gasteiger partial charge in [-0.05, 0) is 6.42 Å². The van der Waals surface area contributed by atoms with Crippen molar-refractivity contribution in [3.8, 4) is 0 Å². The maximum Gasteiger partial charge on any atom is 0.273 e. The Morgan fingerprint density at radius 3 is 3.00 bits per heavy atom. The minimum Gasteiger partial charge on any atom is -0.393 e. The molecule has 0 saturated carbocycles. The molecule has 0 spiro atoms. The molecule has 15 heavy (non-hydrogen) atoms. The largest absolute Gasteiger partial charge is 0.393 e. The summed E-state index contributed by atoms with van der Waals surface area (Å²) in [5, 5.41) is 6.30. The van der Waals surface area contributed by atoms with Gasteiger partial charge >= 0.3 is 0 Å². The average molecular weight is 227 g/mol. The molecule has 0 bridgehead atoms. The lowest BCUT2D eigenvalue weighted by Gasteiger charge is -2.14. The van der Waals surface area contributed by atoms with Crippen LogP contribution in [-0.2, 0) is 0 Å². The molecule has 0 saturated heterocycles. The second-order valence-corrected chi connectivity index (χ2v) is 3.66. The summed E-state index contributed by atoms with van der Waals surface area (Å²) < 4.78 is 4.57. The van der Waals surface area contributed by atoms with Crippen molar-refractivity contribution in [3.05, 3.63) is 18.0 Å². The molecule has 1 atom stereocenters. The molecule has 1 aromatic rings. The first-order chi connectivity index (χ1) is 7.13. The number of nitrogens with two attached hydrogens (primary N) is 1. The number of hydrogen-bond donors (Lipinski definition) is 2. The molecule has 0 aromatic carbocycles. The van der Waals surface area contributed by atoms with E-state index in [2.05, 4.69) is 15.0 Å². The molecule has 1 heterocycles. The Morgan fingerprint density at radius 2 is 2.53 bits per heavy atom. The summed E-state index contributed by atoms with van der Waals surface area (Å²) in [6, 6.07) is 1.45. The van der Waals surface area contributed by atoms with E-state index in [1.54, 1.807) is 0 Å². The highest BCUT2D eigenvalue weighted by Gasteiger charge is 2.14. The second-order valence-electron chi connectivity index (χ2n) is 3.13. The molecule has 82 valence electrons. The molecule has 1 rings (SSSR count). The lowest BCUT2D eigenvalue weighted by atomic mass is 10.1. The molecule has 0 radical (unpaired) electrons. The molecule has 0 aliphatic carbocycles. The second kappa shape index (κ2) is 5.45. The number of hydrogen-bond acceptors (Lipinski definition) is 4. The molecule has 1 amide bonds. The lowest BCUT2D eigenvalue weighted by molar-refractivity contribution is 0.0928. The first kappa shape index (κ1) is 11.6. The Bertz CT molecular complexity index is 337. The summed E-state index contributed by atoms with van der Waals surface area (Å²) in [6.07, 6.45) is 2.61. The fourth-order valence-corrected chi connectivity index (χ4v) is 1.33. The highest BCUT2D eigenvalue weighted by molar-refractivity contribution is 7.80. The van der Waals surface area contributed by atoms with Crippen molar-refractivity contribution >= 4 is 23.1 Å². The molecule has 0 aliphatic rings. The summed E-state index contributed by atoms with van der Waals surface area (Å²) in [6.45, 7) is 1.95. The van der Waals surface area contributed by atoms with E-state index in [1.165, 1.54) is 12.3 Å². The summed E-state index contributed by atoms with van der Waals surface area (Å²) in [7, 11) is 0. The summed E-state index contributed by atoms with van der Waals surface area (Å²) in [5.74, 6) is -0.271. The number of rotatable bonds is 5. The van der Waals surface area contributed by atoms with Crippen LogP contribution in [-0.4, -0.2) is 22.1 Å². The molecule has 1 unspecified atom stereocenters. The fourth-order valence-electron chi connectivity index (χ4n) is 1.13. The van der Waals surface area contributed by atoms with Gasteiger partial charge in [0.2, 0.25) is 0 Å². The molecular weight excluding hydrogens is 214 g/mol. The van der Waals surface area contributed by atoms with Crippen molar-refractivity contribution in [2.75, 3.05) is 0 Å². The van der Waals surface area contributed by atoms with Crippen molar-refractivity contribution in [1.82, 2.24) is 10.5 Å². The molecule has 1 aromatic heterocycles. The van der Waals surface area contributed by atoms with E-state index in [1.807, 2.05) is 6.92 Å². The summed E-state index contributed by atoms with van der Waals surface area (Å²) >= 11 is 4.78. The van der Waals surface area contributed by atoms with Crippen LogP contribution >= 0.6 is 12.2 Å². The molecule has 3 N–H and O–H groups in total. The lowest BCUT2D eigenvalue weighted by Crippen LogP contribution is -2.37. The maximum atomic E-state index is 11.5. The molecule has 5 nitrogen and oxygen atoms in total. The molecular formula is C9H13N3O2S. The number of carbonyl (C=O) groups is 1. The van der Waals surface area contributed by atoms with Gasteiger partial charge < -0.3 is 15.6 Å². The topological polar surface area (TPSA) is 81.1 Å². The monoisotopic (exact) mass is 227 g/mol. The molecule has 6 heteroatoms. The quantitative estimate of drug-likeness (QED) is 0.729. The highest BCUT2D eigenvalue weighted by atomic mass is 32.1. The van der Waals surface area contributed by atoms with Crippen LogP contribution in [0.2, 0.25) is 0 Å². The van der Waals surface area contributed by atoms with E-state index in [-0.39, 0.29) is 17.6 Å². The first-order valence-corrected chi connectivity index (χ1v) is 5.03. The van der Waals surface area contributed by atoms with E-state index in [0.717, 1.165) is 6.42 Å². The fraction of sp³-hybridized carbons (Fsp3) is 0.444. The van der Waals surface area contributed by atoms with Gasteiger partial charge in [0, 0.05) is 18.5 Å². The van der Waals surface area contributed by atoms with E-state index in [0.29, 0.717) is 11.4 Å². The van der Waals surface area contributed by atoms with E-state index in [4.69, 9.17) is 18.0 Å². The number of nitrogens with one attached hydrogen (secondary N) is 1. The van der Waals surface area contributed by atoms with Gasteiger partial charge in [0.15, 0.2) is 5.69 Å². The third kappa shape index (κ3) is 3.67. The van der Waals surface area contributed by atoms with Crippen LogP contribution in [0.1, 0.15) is 30.3 Å². The number of thiocarbonyl (C=S) groups is 1. The Labute approximate surface area is 93.0 Å². The normalized spacial score (nSPS) is 12.1. The van der Waals surface area contributed by atoms with Crippen molar-refractivity contribution in [2.45, 2.75) is 25.8 Å². The van der Waals surface area contributed by atoms with E-state index < -0.39 is 0 Å². The minimum absolute atomic E-state index is 0.0494. The average Bonchev–Trinajstić information content (AvgIpc) is 2.68. The number of amides is 1.